The van der Waals surface area contributed by atoms with Gasteiger partial charge in [0.15, 0.2) is 6.61 Å². The average molecular weight is 336 g/mol. The van der Waals surface area contributed by atoms with Crippen LogP contribution in [0.15, 0.2) is 53.0 Å². The summed E-state index contributed by atoms with van der Waals surface area (Å²) >= 11 is 3.37. The molecule has 0 aliphatic rings. The van der Waals surface area contributed by atoms with Gasteiger partial charge in [-0.3, -0.25) is 4.79 Å². The molecule has 1 N–H and O–H groups in total. The van der Waals surface area contributed by atoms with Crippen molar-refractivity contribution in [3.8, 4) is 11.5 Å². The van der Waals surface area contributed by atoms with Crippen LogP contribution < -0.4 is 14.8 Å². The molecule has 1 amide bonds. The first-order valence-electron chi connectivity index (χ1n) is 6.00. The molecule has 0 atom stereocenters. The molecule has 4 nitrogen and oxygen atoms in total. The van der Waals surface area contributed by atoms with Crippen LogP contribution in [0.4, 0.5) is 5.69 Å². The Hall–Kier alpha value is -2.01. The van der Waals surface area contributed by atoms with Crippen molar-refractivity contribution in [3.63, 3.8) is 0 Å². The van der Waals surface area contributed by atoms with Gasteiger partial charge >= 0.3 is 0 Å². The van der Waals surface area contributed by atoms with Gasteiger partial charge in [-0.15, -0.1) is 0 Å². The van der Waals surface area contributed by atoms with E-state index in [2.05, 4.69) is 21.2 Å². The van der Waals surface area contributed by atoms with Gasteiger partial charge in [-0.2, -0.15) is 0 Å². The van der Waals surface area contributed by atoms with E-state index in [1.165, 1.54) is 0 Å². The lowest BCUT2D eigenvalue weighted by Gasteiger charge is -2.09. The number of nitrogens with one attached hydrogen (secondary N) is 1. The Balaban J connectivity index is 1.90. The number of benzene rings is 2. The molecule has 0 aliphatic heterocycles. The predicted molar refractivity (Wildman–Crippen MR) is 81.3 cm³/mol. The number of amides is 1. The molecular weight excluding hydrogens is 322 g/mol. The van der Waals surface area contributed by atoms with Gasteiger partial charge in [-0.05, 0) is 46.3 Å². The molecule has 0 radical (unpaired) electrons. The third-order valence-corrected chi connectivity index (χ3v) is 3.17. The zero-order chi connectivity index (χ0) is 14.4. The Morgan fingerprint density at radius 1 is 1.20 bits per heavy atom. The van der Waals surface area contributed by atoms with Crippen molar-refractivity contribution in [2.24, 2.45) is 0 Å². The van der Waals surface area contributed by atoms with Crippen LogP contribution in [0, 0.1) is 0 Å². The molecule has 5 heteroatoms. The van der Waals surface area contributed by atoms with Crippen LogP contribution in [-0.4, -0.2) is 19.6 Å². The molecule has 20 heavy (non-hydrogen) atoms. The smallest absolute Gasteiger partial charge is 0.262 e. The van der Waals surface area contributed by atoms with Gasteiger partial charge in [0, 0.05) is 5.69 Å². The lowest BCUT2D eigenvalue weighted by Crippen LogP contribution is -2.20. The van der Waals surface area contributed by atoms with Crippen LogP contribution in [0.1, 0.15) is 0 Å². The molecular formula is C15H14BrNO3. The first-order chi connectivity index (χ1) is 9.69. The Kier molecular flexibility index (Phi) is 5.01. The van der Waals surface area contributed by atoms with Crippen molar-refractivity contribution in [1.29, 1.82) is 0 Å². The fourth-order valence-corrected chi connectivity index (χ4v) is 2.15. The molecule has 2 aromatic carbocycles. The Bertz CT molecular complexity index is 587. The maximum absolute atomic E-state index is 11.8. The topological polar surface area (TPSA) is 47.6 Å². The van der Waals surface area contributed by atoms with E-state index < -0.39 is 0 Å². The number of rotatable bonds is 5. The summed E-state index contributed by atoms with van der Waals surface area (Å²) in [7, 11) is 1.59. The minimum absolute atomic E-state index is 0.0341. The van der Waals surface area contributed by atoms with Gasteiger partial charge in [-0.25, -0.2) is 0 Å². The fourth-order valence-electron chi connectivity index (χ4n) is 1.61. The van der Waals surface area contributed by atoms with E-state index in [0.29, 0.717) is 17.2 Å². The molecule has 0 aromatic heterocycles. The Morgan fingerprint density at radius 2 is 1.95 bits per heavy atom. The summed E-state index contributed by atoms with van der Waals surface area (Å²) in [6.07, 6.45) is 0. The average Bonchev–Trinajstić information content (AvgIpc) is 2.46. The lowest BCUT2D eigenvalue weighted by atomic mass is 10.3. The number of halogens is 1. The monoisotopic (exact) mass is 335 g/mol. The van der Waals surface area contributed by atoms with Gasteiger partial charge < -0.3 is 14.8 Å². The summed E-state index contributed by atoms with van der Waals surface area (Å²) in [5.74, 6) is 1.16. The van der Waals surface area contributed by atoms with E-state index in [0.717, 1.165) is 4.47 Å². The molecule has 0 saturated carbocycles. The minimum Gasteiger partial charge on any atom is -0.496 e. The Labute approximate surface area is 125 Å². The molecule has 0 saturated heterocycles. The van der Waals surface area contributed by atoms with Crippen LogP contribution in [0.3, 0.4) is 0 Å². The largest absolute Gasteiger partial charge is 0.496 e. The SMILES string of the molecule is COc1ccc(NC(=O)COc2ccccc2)cc1Br. The molecule has 0 bridgehead atoms. The van der Waals surface area contributed by atoms with Crippen molar-refractivity contribution in [3.05, 3.63) is 53.0 Å². The van der Waals surface area contributed by atoms with Gasteiger partial charge in [0.1, 0.15) is 11.5 Å². The maximum Gasteiger partial charge on any atom is 0.262 e. The zero-order valence-corrected chi connectivity index (χ0v) is 12.5. The molecule has 104 valence electrons. The van der Waals surface area contributed by atoms with Crippen LogP contribution in [0.2, 0.25) is 0 Å². The van der Waals surface area contributed by atoms with E-state index in [1.54, 1.807) is 37.4 Å². The number of carbonyl (C=O) groups excluding carboxylic acids is 1. The first-order valence-corrected chi connectivity index (χ1v) is 6.79. The van der Waals surface area contributed by atoms with Gasteiger partial charge in [0.2, 0.25) is 0 Å². The summed E-state index contributed by atoms with van der Waals surface area (Å²) in [6.45, 7) is -0.0341. The quantitative estimate of drug-likeness (QED) is 0.909. The minimum atomic E-state index is -0.217. The summed E-state index contributed by atoms with van der Waals surface area (Å²) in [5, 5.41) is 2.75. The number of ether oxygens (including phenoxy) is 2. The van der Waals surface area contributed by atoms with E-state index in [-0.39, 0.29) is 12.5 Å². The molecule has 0 heterocycles. The highest BCUT2D eigenvalue weighted by Crippen LogP contribution is 2.27. The highest BCUT2D eigenvalue weighted by Gasteiger charge is 2.06. The zero-order valence-electron chi connectivity index (χ0n) is 10.9. The second kappa shape index (κ2) is 6.96. The number of para-hydroxylation sites is 1. The van der Waals surface area contributed by atoms with Crippen LogP contribution in [0.25, 0.3) is 0 Å². The number of anilines is 1. The standard InChI is InChI=1S/C15H14BrNO3/c1-19-14-8-7-11(9-13(14)16)17-15(18)10-20-12-5-3-2-4-6-12/h2-9H,10H2,1H3,(H,17,18). The van der Waals surface area contributed by atoms with E-state index in [4.69, 9.17) is 9.47 Å². The normalized spacial score (nSPS) is 9.90. The predicted octanol–water partition coefficient (Wildman–Crippen LogP) is 3.48. The molecule has 0 unspecified atom stereocenters. The molecule has 0 spiro atoms. The third kappa shape index (κ3) is 3.99. The molecule has 0 fully saturated rings. The number of hydrogen-bond donors (Lipinski definition) is 1. The number of hydrogen-bond acceptors (Lipinski definition) is 3. The number of carbonyl (C=O) groups is 1. The lowest BCUT2D eigenvalue weighted by molar-refractivity contribution is -0.118. The summed E-state index contributed by atoms with van der Waals surface area (Å²) < 4.78 is 11.3. The van der Waals surface area contributed by atoms with E-state index >= 15 is 0 Å². The van der Waals surface area contributed by atoms with E-state index in [1.807, 2.05) is 18.2 Å². The highest BCUT2D eigenvalue weighted by atomic mass is 79.9. The van der Waals surface area contributed by atoms with Crippen molar-refractivity contribution >= 4 is 27.5 Å². The van der Waals surface area contributed by atoms with Gasteiger partial charge in [-0.1, -0.05) is 18.2 Å². The van der Waals surface area contributed by atoms with Crippen molar-refractivity contribution in [1.82, 2.24) is 0 Å². The van der Waals surface area contributed by atoms with Crippen molar-refractivity contribution in [2.75, 3.05) is 19.0 Å². The van der Waals surface area contributed by atoms with Crippen LogP contribution >= 0.6 is 15.9 Å². The number of methoxy groups -OCH3 is 1. The molecule has 2 rings (SSSR count). The van der Waals surface area contributed by atoms with Crippen LogP contribution in [0.5, 0.6) is 11.5 Å². The Morgan fingerprint density at radius 3 is 2.60 bits per heavy atom. The van der Waals surface area contributed by atoms with Gasteiger partial charge in [0.05, 0.1) is 11.6 Å². The maximum atomic E-state index is 11.8. The second-order valence-corrected chi connectivity index (χ2v) is 4.85. The van der Waals surface area contributed by atoms with Crippen molar-refractivity contribution < 1.29 is 14.3 Å². The third-order valence-electron chi connectivity index (χ3n) is 2.55. The summed E-state index contributed by atoms with van der Waals surface area (Å²) in [6, 6.07) is 14.5. The fraction of sp³-hybridized carbons (Fsp3) is 0.133. The summed E-state index contributed by atoms with van der Waals surface area (Å²) in [4.78, 5) is 11.8. The molecule has 0 aliphatic carbocycles. The summed E-state index contributed by atoms with van der Waals surface area (Å²) in [5.41, 5.74) is 0.680. The second-order valence-electron chi connectivity index (χ2n) is 4.00. The van der Waals surface area contributed by atoms with E-state index in [9.17, 15) is 4.79 Å². The van der Waals surface area contributed by atoms with Crippen molar-refractivity contribution in [2.45, 2.75) is 0 Å². The highest BCUT2D eigenvalue weighted by molar-refractivity contribution is 9.10. The first kappa shape index (κ1) is 14.4. The molecule has 2 aromatic rings. The van der Waals surface area contributed by atoms with Gasteiger partial charge in [0.25, 0.3) is 5.91 Å². The van der Waals surface area contributed by atoms with Crippen LogP contribution in [-0.2, 0) is 4.79 Å².